The maximum absolute atomic E-state index is 5.65. The molecule has 5 rings (SSSR count). The molecule has 0 unspecified atom stereocenters. The highest BCUT2D eigenvalue weighted by molar-refractivity contribution is 5.81. The van der Waals surface area contributed by atoms with Crippen LogP contribution in [0.25, 0.3) is 11.0 Å². The molecule has 3 heterocycles. The first kappa shape index (κ1) is 15.3. The van der Waals surface area contributed by atoms with Gasteiger partial charge >= 0.3 is 0 Å². The summed E-state index contributed by atoms with van der Waals surface area (Å²) in [5.74, 6) is 3.99. The molecule has 0 atom stereocenters. The van der Waals surface area contributed by atoms with E-state index in [-0.39, 0.29) is 0 Å². The number of imidazole rings is 1. The lowest BCUT2D eigenvalue weighted by molar-refractivity contribution is 0.171. The smallest absolute Gasteiger partial charge is 0.203 e. The maximum atomic E-state index is 5.65. The second-order valence-electron chi connectivity index (χ2n) is 6.78. The number of ether oxygens (including phenoxy) is 2. The minimum absolute atomic E-state index is 0.577. The van der Waals surface area contributed by atoms with E-state index >= 15 is 0 Å². The van der Waals surface area contributed by atoms with Gasteiger partial charge in [0.25, 0.3) is 0 Å². The molecule has 2 N–H and O–H groups in total. The fraction of sp³-hybridized carbons (Fsp3) is 0.368. The Hall–Kier alpha value is -2.96. The molecule has 1 aliphatic heterocycles. The lowest BCUT2D eigenvalue weighted by atomic mass is 10.2. The van der Waals surface area contributed by atoms with Crippen molar-refractivity contribution in [1.82, 2.24) is 14.5 Å². The van der Waals surface area contributed by atoms with Gasteiger partial charge in [-0.3, -0.25) is 0 Å². The van der Waals surface area contributed by atoms with Gasteiger partial charge in [-0.1, -0.05) is 0 Å². The first-order chi connectivity index (χ1) is 12.8. The van der Waals surface area contributed by atoms with Crippen molar-refractivity contribution in [2.45, 2.75) is 19.4 Å². The monoisotopic (exact) mass is 351 g/mol. The van der Waals surface area contributed by atoms with Gasteiger partial charge in [-0.2, -0.15) is 0 Å². The first-order valence-electron chi connectivity index (χ1n) is 9.01. The summed E-state index contributed by atoms with van der Waals surface area (Å²) in [7, 11) is 1.91. The molecular formula is C19H21N5O2. The summed E-state index contributed by atoms with van der Waals surface area (Å²) < 4.78 is 13.5. The Morgan fingerprint density at radius 3 is 2.81 bits per heavy atom. The minimum atomic E-state index is 0.577. The van der Waals surface area contributed by atoms with E-state index in [1.807, 2.05) is 31.4 Å². The third kappa shape index (κ3) is 2.79. The summed E-state index contributed by atoms with van der Waals surface area (Å²) in [5.41, 5.74) is 2.92. The molecule has 1 fully saturated rings. The average Bonchev–Trinajstić information content (AvgIpc) is 3.43. The number of nitrogens with one attached hydrogen (secondary N) is 2. The minimum Gasteiger partial charge on any atom is -0.486 e. The zero-order chi connectivity index (χ0) is 17.5. The van der Waals surface area contributed by atoms with Crippen LogP contribution in [0, 0.1) is 5.92 Å². The quantitative estimate of drug-likeness (QED) is 0.734. The van der Waals surface area contributed by atoms with Crippen molar-refractivity contribution < 1.29 is 9.47 Å². The summed E-state index contributed by atoms with van der Waals surface area (Å²) in [6.45, 7) is 2.17. The number of pyridine rings is 1. The molecule has 1 saturated carbocycles. The van der Waals surface area contributed by atoms with Crippen LogP contribution in [-0.4, -0.2) is 34.8 Å². The largest absolute Gasteiger partial charge is 0.486 e. The Morgan fingerprint density at radius 2 is 2.00 bits per heavy atom. The highest BCUT2D eigenvalue weighted by Crippen LogP contribution is 2.35. The van der Waals surface area contributed by atoms with E-state index in [9.17, 15) is 0 Å². The normalized spacial score (nSPS) is 15.9. The van der Waals surface area contributed by atoms with E-state index in [0.717, 1.165) is 52.4 Å². The number of hydrogen-bond donors (Lipinski definition) is 2. The van der Waals surface area contributed by atoms with Crippen LogP contribution >= 0.6 is 0 Å². The predicted molar refractivity (Wildman–Crippen MR) is 101 cm³/mol. The SMILES string of the molecule is CNc1nc2cnc(Nc3ccc4c(c3)OCCO4)cc2n1CC1CC1. The third-order valence-corrected chi connectivity index (χ3v) is 4.81. The Kier molecular flexibility index (Phi) is 3.58. The average molecular weight is 351 g/mol. The molecule has 2 aliphatic rings. The standard InChI is InChI=1S/C19H21N5O2/c1-20-19-23-14-10-21-18(9-15(14)24(19)11-12-2-3-12)22-13-4-5-16-17(8-13)26-7-6-25-16/h4-5,8-10,12H,2-3,6-7,11H2,1H3,(H,20,23)(H,21,22). The highest BCUT2D eigenvalue weighted by atomic mass is 16.6. The second kappa shape index (κ2) is 6.09. The Morgan fingerprint density at radius 1 is 1.15 bits per heavy atom. The summed E-state index contributed by atoms with van der Waals surface area (Å²) in [6, 6.07) is 7.90. The third-order valence-electron chi connectivity index (χ3n) is 4.81. The lowest BCUT2D eigenvalue weighted by Crippen LogP contribution is -2.15. The lowest BCUT2D eigenvalue weighted by Gasteiger charge is -2.19. The van der Waals surface area contributed by atoms with Crippen molar-refractivity contribution in [3.05, 3.63) is 30.5 Å². The van der Waals surface area contributed by atoms with E-state index < -0.39 is 0 Å². The molecule has 1 aromatic carbocycles. The van der Waals surface area contributed by atoms with Gasteiger partial charge in [-0.05, 0) is 30.9 Å². The fourth-order valence-corrected chi connectivity index (χ4v) is 3.30. The topological polar surface area (TPSA) is 73.2 Å². The van der Waals surface area contributed by atoms with Crippen molar-refractivity contribution in [3.8, 4) is 11.5 Å². The molecule has 3 aromatic rings. The number of aromatic nitrogens is 3. The van der Waals surface area contributed by atoms with Gasteiger partial charge in [0.15, 0.2) is 11.5 Å². The van der Waals surface area contributed by atoms with Crippen LogP contribution in [0.1, 0.15) is 12.8 Å². The second-order valence-corrected chi connectivity index (χ2v) is 6.78. The number of anilines is 3. The van der Waals surface area contributed by atoms with Crippen LogP contribution in [-0.2, 0) is 6.54 Å². The zero-order valence-corrected chi connectivity index (χ0v) is 14.7. The van der Waals surface area contributed by atoms with E-state index in [1.165, 1.54) is 12.8 Å². The van der Waals surface area contributed by atoms with E-state index in [4.69, 9.17) is 9.47 Å². The van der Waals surface area contributed by atoms with Gasteiger partial charge in [-0.25, -0.2) is 9.97 Å². The number of rotatable bonds is 5. The van der Waals surface area contributed by atoms with Crippen LogP contribution in [0.2, 0.25) is 0 Å². The summed E-state index contributed by atoms with van der Waals surface area (Å²) in [5, 5.41) is 6.56. The molecular weight excluding hydrogens is 330 g/mol. The molecule has 134 valence electrons. The van der Waals surface area contributed by atoms with Crippen molar-refractivity contribution in [3.63, 3.8) is 0 Å². The molecule has 0 amide bonds. The molecule has 0 radical (unpaired) electrons. The Balaban J connectivity index is 1.47. The molecule has 0 spiro atoms. The van der Waals surface area contributed by atoms with Crippen LogP contribution < -0.4 is 20.1 Å². The predicted octanol–water partition coefficient (Wildman–Crippen LogP) is 3.40. The van der Waals surface area contributed by atoms with Gasteiger partial charge in [0, 0.05) is 31.4 Å². The molecule has 7 nitrogen and oxygen atoms in total. The van der Waals surface area contributed by atoms with Crippen molar-refractivity contribution in [1.29, 1.82) is 0 Å². The van der Waals surface area contributed by atoms with Gasteiger partial charge < -0.3 is 24.7 Å². The number of nitrogens with zero attached hydrogens (tertiary/aromatic N) is 3. The molecule has 1 aliphatic carbocycles. The molecule has 0 saturated heterocycles. The fourth-order valence-electron chi connectivity index (χ4n) is 3.30. The van der Waals surface area contributed by atoms with Gasteiger partial charge in [0.2, 0.25) is 5.95 Å². The molecule has 7 heteroatoms. The Bertz CT molecular complexity index is 964. The van der Waals surface area contributed by atoms with Crippen LogP contribution in [0.15, 0.2) is 30.5 Å². The first-order valence-corrected chi connectivity index (χ1v) is 9.01. The van der Waals surface area contributed by atoms with Crippen molar-refractivity contribution in [2.24, 2.45) is 5.92 Å². The summed E-state index contributed by atoms with van der Waals surface area (Å²) in [6.07, 6.45) is 4.42. The van der Waals surface area contributed by atoms with Gasteiger partial charge in [0.05, 0.1) is 11.7 Å². The van der Waals surface area contributed by atoms with E-state index in [2.05, 4.69) is 31.2 Å². The van der Waals surface area contributed by atoms with Crippen LogP contribution in [0.3, 0.4) is 0 Å². The van der Waals surface area contributed by atoms with E-state index in [0.29, 0.717) is 13.2 Å². The zero-order valence-electron chi connectivity index (χ0n) is 14.7. The molecule has 0 bridgehead atoms. The highest BCUT2D eigenvalue weighted by Gasteiger charge is 2.24. The van der Waals surface area contributed by atoms with Gasteiger partial charge in [0.1, 0.15) is 24.5 Å². The molecule has 26 heavy (non-hydrogen) atoms. The summed E-state index contributed by atoms with van der Waals surface area (Å²) in [4.78, 5) is 9.15. The number of benzene rings is 1. The maximum Gasteiger partial charge on any atom is 0.203 e. The Labute approximate surface area is 151 Å². The number of fused-ring (bicyclic) bond motifs is 2. The number of hydrogen-bond acceptors (Lipinski definition) is 6. The molecule has 2 aromatic heterocycles. The van der Waals surface area contributed by atoms with Gasteiger partial charge in [-0.15, -0.1) is 0 Å². The van der Waals surface area contributed by atoms with Crippen LogP contribution in [0.5, 0.6) is 11.5 Å². The summed E-state index contributed by atoms with van der Waals surface area (Å²) >= 11 is 0. The van der Waals surface area contributed by atoms with Crippen molar-refractivity contribution >= 4 is 28.5 Å². The van der Waals surface area contributed by atoms with E-state index in [1.54, 1.807) is 0 Å². The van der Waals surface area contributed by atoms with Crippen molar-refractivity contribution in [2.75, 3.05) is 30.9 Å². The van der Waals surface area contributed by atoms with Crippen LogP contribution in [0.4, 0.5) is 17.5 Å².